The number of aryl methyl sites for hydroxylation is 1. The lowest BCUT2D eigenvalue weighted by molar-refractivity contribution is 0.0283. The molecule has 3 aromatic rings. The molecule has 0 saturated carbocycles. The van der Waals surface area contributed by atoms with Crippen LogP contribution in [0.15, 0.2) is 30.5 Å². The molecule has 1 atom stereocenters. The van der Waals surface area contributed by atoms with E-state index in [0.717, 1.165) is 6.07 Å². The van der Waals surface area contributed by atoms with Crippen LogP contribution in [0.3, 0.4) is 0 Å². The van der Waals surface area contributed by atoms with Crippen molar-refractivity contribution in [2.45, 2.75) is 45.9 Å². The SMILES string of the molecule is COC(=O)c1ccc(F)cc1C(C)Oc1cc(-c2c(CN(C)C(=O)OC(C)(C)C)nn(C)c2C#N)cnc1N. The van der Waals surface area contributed by atoms with Crippen LogP contribution >= 0.6 is 0 Å². The maximum atomic E-state index is 14.0. The number of ether oxygens (including phenoxy) is 3. The summed E-state index contributed by atoms with van der Waals surface area (Å²) in [4.78, 5) is 30.3. The van der Waals surface area contributed by atoms with E-state index in [2.05, 4.69) is 16.2 Å². The maximum absolute atomic E-state index is 14.0. The molecule has 1 aromatic carbocycles. The molecule has 11 nitrogen and oxygen atoms in total. The molecule has 2 heterocycles. The predicted molar refractivity (Wildman–Crippen MR) is 140 cm³/mol. The molecule has 12 heteroatoms. The number of nitriles is 1. The lowest BCUT2D eigenvalue weighted by atomic mass is 10.0. The van der Waals surface area contributed by atoms with Gasteiger partial charge in [0.2, 0.25) is 0 Å². The van der Waals surface area contributed by atoms with Gasteiger partial charge < -0.3 is 24.8 Å². The van der Waals surface area contributed by atoms with Crippen molar-refractivity contribution in [3.8, 4) is 22.9 Å². The first-order chi connectivity index (χ1) is 18.2. The maximum Gasteiger partial charge on any atom is 0.410 e. The third kappa shape index (κ3) is 6.62. The standard InChI is InChI=1S/C27H31FN6O5/c1-15(19-11-17(28)8-9-18(19)25(35)37-7)38-22-10-16(13-31-24(22)30)23-20(32-34(6)21(23)12-29)14-33(5)26(36)39-27(2,3)4/h8-11,13,15H,14H2,1-7H3,(H2,30,31). The highest BCUT2D eigenvalue weighted by molar-refractivity contribution is 5.91. The minimum atomic E-state index is -0.823. The molecule has 39 heavy (non-hydrogen) atoms. The fourth-order valence-electron chi connectivity index (χ4n) is 3.86. The van der Waals surface area contributed by atoms with Gasteiger partial charge in [-0.2, -0.15) is 10.4 Å². The highest BCUT2D eigenvalue weighted by atomic mass is 19.1. The fourth-order valence-corrected chi connectivity index (χ4v) is 3.86. The molecule has 0 bridgehead atoms. The average molecular weight is 539 g/mol. The number of carbonyl (C=O) groups excluding carboxylic acids is 2. The largest absolute Gasteiger partial charge is 0.482 e. The lowest BCUT2D eigenvalue weighted by Crippen LogP contribution is -2.34. The second kappa shape index (κ2) is 11.4. The van der Waals surface area contributed by atoms with Crippen LogP contribution in [0.5, 0.6) is 5.75 Å². The number of hydrogen-bond donors (Lipinski definition) is 1. The molecule has 1 amide bonds. The minimum Gasteiger partial charge on any atom is -0.482 e. The number of halogens is 1. The van der Waals surface area contributed by atoms with E-state index in [1.165, 1.54) is 35.0 Å². The van der Waals surface area contributed by atoms with Crippen molar-refractivity contribution in [1.29, 1.82) is 5.26 Å². The van der Waals surface area contributed by atoms with Crippen LogP contribution in [0, 0.1) is 17.1 Å². The Morgan fingerprint density at radius 2 is 1.97 bits per heavy atom. The zero-order valence-electron chi connectivity index (χ0n) is 22.9. The molecule has 0 aliphatic rings. The van der Waals surface area contributed by atoms with Gasteiger partial charge in [0.15, 0.2) is 11.6 Å². The molecular weight excluding hydrogens is 507 g/mol. The number of amides is 1. The number of nitrogen functional groups attached to an aromatic ring is 1. The quantitative estimate of drug-likeness (QED) is 0.433. The Hall–Kier alpha value is -4.66. The summed E-state index contributed by atoms with van der Waals surface area (Å²) in [5.74, 6) is -1.02. The summed E-state index contributed by atoms with van der Waals surface area (Å²) >= 11 is 0. The number of anilines is 1. The zero-order chi connectivity index (χ0) is 29.1. The van der Waals surface area contributed by atoms with Crippen molar-refractivity contribution >= 4 is 17.9 Å². The van der Waals surface area contributed by atoms with E-state index in [-0.39, 0.29) is 34.9 Å². The molecule has 3 rings (SSSR count). The number of pyridine rings is 1. The van der Waals surface area contributed by atoms with Gasteiger partial charge in [-0.05, 0) is 52.0 Å². The Morgan fingerprint density at radius 1 is 1.28 bits per heavy atom. The van der Waals surface area contributed by atoms with Gasteiger partial charge in [0, 0.05) is 37.0 Å². The number of carbonyl (C=O) groups is 2. The third-order valence-electron chi connectivity index (χ3n) is 5.65. The highest BCUT2D eigenvalue weighted by Gasteiger charge is 2.26. The van der Waals surface area contributed by atoms with E-state index in [9.17, 15) is 19.2 Å². The van der Waals surface area contributed by atoms with Crippen molar-refractivity contribution in [1.82, 2.24) is 19.7 Å². The van der Waals surface area contributed by atoms with E-state index in [1.54, 1.807) is 47.9 Å². The Bertz CT molecular complexity index is 1440. The van der Waals surface area contributed by atoms with Gasteiger partial charge in [0.05, 0.1) is 24.9 Å². The van der Waals surface area contributed by atoms with Gasteiger partial charge in [-0.25, -0.2) is 19.0 Å². The van der Waals surface area contributed by atoms with Gasteiger partial charge in [0.25, 0.3) is 0 Å². The fraction of sp³-hybridized carbons (Fsp3) is 0.370. The van der Waals surface area contributed by atoms with Crippen LogP contribution in [0.4, 0.5) is 15.0 Å². The number of nitrogens with two attached hydrogens (primary N) is 1. The smallest absolute Gasteiger partial charge is 0.410 e. The van der Waals surface area contributed by atoms with Crippen molar-refractivity contribution in [3.05, 3.63) is 58.8 Å². The van der Waals surface area contributed by atoms with E-state index in [1.807, 2.05) is 0 Å². The van der Waals surface area contributed by atoms with Crippen molar-refractivity contribution < 1.29 is 28.2 Å². The molecular formula is C27H31FN6O5. The number of esters is 1. The van der Waals surface area contributed by atoms with Crippen LogP contribution in [-0.4, -0.2) is 51.5 Å². The molecule has 0 saturated heterocycles. The van der Waals surface area contributed by atoms with Gasteiger partial charge in [0.1, 0.15) is 29.3 Å². The molecule has 206 valence electrons. The molecule has 0 radical (unpaired) electrons. The Labute approximate surface area is 225 Å². The number of aromatic nitrogens is 3. The van der Waals surface area contributed by atoms with Crippen molar-refractivity contribution in [2.24, 2.45) is 7.05 Å². The molecule has 0 fully saturated rings. The van der Waals surface area contributed by atoms with Crippen LogP contribution < -0.4 is 10.5 Å². The van der Waals surface area contributed by atoms with Crippen molar-refractivity contribution in [3.63, 3.8) is 0 Å². The van der Waals surface area contributed by atoms with E-state index in [0.29, 0.717) is 16.8 Å². The van der Waals surface area contributed by atoms with Crippen LogP contribution in [0.25, 0.3) is 11.1 Å². The summed E-state index contributed by atoms with van der Waals surface area (Å²) in [7, 11) is 4.40. The molecule has 2 N–H and O–H groups in total. The summed E-state index contributed by atoms with van der Waals surface area (Å²) in [6, 6.07) is 7.36. The second-order valence-electron chi connectivity index (χ2n) is 9.83. The topological polar surface area (TPSA) is 146 Å². The molecule has 0 aliphatic heterocycles. The lowest BCUT2D eigenvalue weighted by Gasteiger charge is -2.24. The molecule has 0 aliphatic carbocycles. The Kier molecular flexibility index (Phi) is 8.44. The van der Waals surface area contributed by atoms with E-state index < -0.39 is 29.6 Å². The summed E-state index contributed by atoms with van der Waals surface area (Å²) in [5, 5.41) is 14.3. The van der Waals surface area contributed by atoms with Crippen LogP contribution in [0.1, 0.15) is 61.1 Å². The normalized spacial score (nSPS) is 11.9. The van der Waals surface area contributed by atoms with Gasteiger partial charge in [-0.15, -0.1) is 0 Å². The average Bonchev–Trinajstić information content (AvgIpc) is 3.18. The number of nitrogens with zero attached hydrogens (tertiary/aromatic N) is 5. The first-order valence-corrected chi connectivity index (χ1v) is 12.0. The number of methoxy groups -OCH3 is 1. The summed E-state index contributed by atoms with van der Waals surface area (Å²) < 4.78 is 31.7. The first kappa shape index (κ1) is 28.9. The van der Waals surface area contributed by atoms with Crippen LogP contribution in [-0.2, 0) is 23.1 Å². The minimum absolute atomic E-state index is 0.0384. The van der Waals surface area contributed by atoms with Gasteiger partial charge in [-0.3, -0.25) is 4.68 Å². The van der Waals surface area contributed by atoms with Gasteiger partial charge in [-0.1, -0.05) is 0 Å². The summed E-state index contributed by atoms with van der Waals surface area (Å²) in [5.41, 5.74) is 7.33. The Balaban J connectivity index is 2.00. The highest BCUT2D eigenvalue weighted by Crippen LogP contribution is 2.35. The van der Waals surface area contributed by atoms with E-state index >= 15 is 0 Å². The molecule has 1 unspecified atom stereocenters. The molecule has 0 spiro atoms. The van der Waals surface area contributed by atoms with Gasteiger partial charge >= 0.3 is 12.1 Å². The van der Waals surface area contributed by atoms with E-state index in [4.69, 9.17) is 19.9 Å². The van der Waals surface area contributed by atoms with Crippen LogP contribution in [0.2, 0.25) is 0 Å². The molecule has 2 aromatic heterocycles. The Morgan fingerprint density at radius 3 is 2.59 bits per heavy atom. The predicted octanol–water partition coefficient (Wildman–Crippen LogP) is 4.37. The second-order valence-corrected chi connectivity index (χ2v) is 9.83. The monoisotopic (exact) mass is 538 g/mol. The van der Waals surface area contributed by atoms with Crippen molar-refractivity contribution in [2.75, 3.05) is 19.9 Å². The number of rotatable bonds is 7. The number of hydrogen-bond acceptors (Lipinski definition) is 9. The third-order valence-corrected chi connectivity index (χ3v) is 5.65. The number of benzene rings is 1. The summed E-state index contributed by atoms with van der Waals surface area (Å²) in [6.07, 6.45) is 0.0858. The first-order valence-electron chi connectivity index (χ1n) is 12.0. The summed E-state index contributed by atoms with van der Waals surface area (Å²) in [6.45, 7) is 6.96. The zero-order valence-corrected chi connectivity index (χ0v) is 22.9.